The third-order valence-corrected chi connectivity index (χ3v) is 3.35. The molecular weight excluding hydrogens is 288 g/mol. The van der Waals surface area contributed by atoms with Gasteiger partial charge in [-0.2, -0.15) is 9.48 Å². The molecule has 0 spiro atoms. The van der Waals surface area contributed by atoms with Crippen LogP contribution in [0.15, 0.2) is 16.8 Å². The van der Waals surface area contributed by atoms with Gasteiger partial charge in [-0.25, -0.2) is 4.79 Å². The summed E-state index contributed by atoms with van der Waals surface area (Å²) >= 11 is 0. The number of nitrogens with one attached hydrogen (secondary N) is 1. The van der Waals surface area contributed by atoms with Gasteiger partial charge in [0.15, 0.2) is 12.5 Å². The number of amides is 4. The first-order valence-electron chi connectivity index (χ1n) is 6.90. The van der Waals surface area contributed by atoms with E-state index < -0.39 is 23.8 Å². The van der Waals surface area contributed by atoms with Gasteiger partial charge in [0.2, 0.25) is 0 Å². The van der Waals surface area contributed by atoms with Crippen LogP contribution < -0.4 is 5.32 Å². The molecule has 0 aromatic rings. The van der Waals surface area contributed by atoms with Crippen LogP contribution in [-0.4, -0.2) is 66.1 Å². The van der Waals surface area contributed by atoms with Crippen LogP contribution in [0.1, 0.15) is 13.8 Å². The molecule has 118 valence electrons. The number of fused-ring (bicyclic) bond motifs is 1. The minimum atomic E-state index is -0.801. The number of carbonyl (C=O) groups excluding carboxylic acids is 3. The Hall–Kier alpha value is -2.51. The third-order valence-electron chi connectivity index (χ3n) is 3.35. The molecular formula is C14H19N4O4+. The number of hydrogen-bond donors (Lipinski definition) is 1. The van der Waals surface area contributed by atoms with Crippen LogP contribution in [0.5, 0.6) is 0 Å². The summed E-state index contributed by atoms with van der Waals surface area (Å²) in [6, 6.07) is -0.652. The molecule has 2 aliphatic rings. The second-order valence-corrected chi connectivity index (χ2v) is 5.33. The maximum atomic E-state index is 12.6. The van der Waals surface area contributed by atoms with Crippen molar-refractivity contribution in [1.82, 2.24) is 10.2 Å². The van der Waals surface area contributed by atoms with E-state index in [0.29, 0.717) is 11.6 Å². The SMILES string of the molecule is COC1=CC=NC2=[N+](C)C(=O)N(CC(=O)NC(C)C)C(=O)C12. The van der Waals surface area contributed by atoms with Crippen LogP contribution in [0.2, 0.25) is 0 Å². The Morgan fingerprint density at radius 2 is 2.18 bits per heavy atom. The predicted molar refractivity (Wildman–Crippen MR) is 78.7 cm³/mol. The smallest absolute Gasteiger partial charge is 0.446 e. The lowest BCUT2D eigenvalue weighted by Gasteiger charge is -2.27. The number of ether oxygens (including phenoxy) is 1. The second-order valence-electron chi connectivity index (χ2n) is 5.33. The molecule has 2 heterocycles. The van der Waals surface area contributed by atoms with Gasteiger partial charge in [0.25, 0.3) is 11.7 Å². The van der Waals surface area contributed by atoms with Gasteiger partial charge in [0.05, 0.1) is 14.2 Å². The van der Waals surface area contributed by atoms with Gasteiger partial charge in [0, 0.05) is 12.1 Å². The molecule has 8 heteroatoms. The van der Waals surface area contributed by atoms with E-state index >= 15 is 0 Å². The molecule has 0 aromatic carbocycles. The lowest BCUT2D eigenvalue weighted by atomic mass is 9.99. The molecule has 22 heavy (non-hydrogen) atoms. The number of aliphatic imine (C=N–C) groups is 1. The number of nitrogens with zero attached hydrogens (tertiary/aromatic N) is 3. The zero-order valence-electron chi connectivity index (χ0n) is 13.0. The van der Waals surface area contributed by atoms with Crippen molar-refractivity contribution >= 4 is 29.9 Å². The summed E-state index contributed by atoms with van der Waals surface area (Å²) in [7, 11) is 2.96. The Balaban J connectivity index is 2.32. The minimum Gasteiger partial charge on any atom is -0.499 e. The molecule has 0 saturated heterocycles. The molecule has 0 saturated carbocycles. The summed E-state index contributed by atoms with van der Waals surface area (Å²) in [4.78, 5) is 41.8. The van der Waals surface area contributed by atoms with Crippen LogP contribution in [-0.2, 0) is 14.3 Å². The van der Waals surface area contributed by atoms with E-state index in [2.05, 4.69) is 10.3 Å². The molecule has 0 aliphatic carbocycles. The van der Waals surface area contributed by atoms with E-state index in [1.165, 1.54) is 24.9 Å². The summed E-state index contributed by atoms with van der Waals surface area (Å²) in [6.45, 7) is 3.28. The molecule has 1 N–H and O–H groups in total. The van der Waals surface area contributed by atoms with E-state index in [-0.39, 0.29) is 12.6 Å². The minimum absolute atomic E-state index is 0.0731. The van der Waals surface area contributed by atoms with Crippen LogP contribution in [0, 0.1) is 5.92 Å². The Bertz CT molecular complexity index is 618. The van der Waals surface area contributed by atoms with Gasteiger partial charge in [-0.1, -0.05) is 0 Å². The molecule has 8 nitrogen and oxygen atoms in total. The van der Waals surface area contributed by atoms with Gasteiger partial charge in [-0.3, -0.25) is 9.59 Å². The van der Waals surface area contributed by atoms with E-state index in [1.807, 2.05) is 0 Å². The molecule has 0 radical (unpaired) electrons. The number of imide groups is 1. The van der Waals surface area contributed by atoms with Gasteiger partial charge < -0.3 is 10.1 Å². The van der Waals surface area contributed by atoms with Gasteiger partial charge >= 0.3 is 11.9 Å². The number of rotatable bonds is 4. The molecule has 0 aromatic heterocycles. The Morgan fingerprint density at radius 1 is 1.50 bits per heavy atom. The summed E-state index contributed by atoms with van der Waals surface area (Å²) in [6.07, 6.45) is 3.05. The van der Waals surface area contributed by atoms with Crippen LogP contribution >= 0.6 is 0 Å². The summed E-state index contributed by atoms with van der Waals surface area (Å²) in [5.74, 6) is -1.01. The zero-order chi connectivity index (χ0) is 16.4. The maximum absolute atomic E-state index is 12.6. The molecule has 2 rings (SSSR count). The first-order valence-corrected chi connectivity index (χ1v) is 6.90. The number of methoxy groups -OCH3 is 1. The predicted octanol–water partition coefficient (Wildman–Crippen LogP) is -0.255. The van der Waals surface area contributed by atoms with Gasteiger partial charge in [-0.05, 0) is 13.8 Å². The summed E-state index contributed by atoms with van der Waals surface area (Å²) < 4.78 is 6.46. The highest BCUT2D eigenvalue weighted by atomic mass is 16.5. The van der Waals surface area contributed by atoms with E-state index in [1.54, 1.807) is 19.9 Å². The average Bonchev–Trinajstić information content (AvgIpc) is 2.47. The fraction of sp³-hybridized carbons (Fsp3) is 0.500. The first-order chi connectivity index (χ1) is 10.4. The van der Waals surface area contributed by atoms with E-state index in [4.69, 9.17) is 4.74 Å². The topological polar surface area (TPSA) is 91.1 Å². The zero-order valence-corrected chi connectivity index (χ0v) is 13.0. The second kappa shape index (κ2) is 6.08. The number of hydrogen-bond acceptors (Lipinski definition) is 5. The Labute approximate surface area is 128 Å². The molecule has 0 fully saturated rings. The highest BCUT2D eigenvalue weighted by molar-refractivity contribution is 6.16. The standard InChI is InChI=1S/C14H18N4O4/c1-8(2)16-10(19)7-18-13(20)11-9(22-4)5-6-15-12(11)17(3)14(18)21/h5-6,8,11H,7H2,1-4H3/p+1. The quantitative estimate of drug-likeness (QED) is 0.725. The molecule has 0 bridgehead atoms. The highest BCUT2D eigenvalue weighted by Crippen LogP contribution is 2.24. The Morgan fingerprint density at radius 3 is 2.77 bits per heavy atom. The number of allylic oxidation sites excluding steroid dienone is 1. The van der Waals surface area contributed by atoms with E-state index in [9.17, 15) is 14.4 Å². The van der Waals surface area contributed by atoms with Crippen molar-refractivity contribution in [3.05, 3.63) is 11.8 Å². The van der Waals surface area contributed by atoms with Crippen molar-refractivity contribution in [2.24, 2.45) is 10.9 Å². The van der Waals surface area contributed by atoms with Crippen molar-refractivity contribution < 1.29 is 23.7 Å². The normalized spacial score (nSPS) is 21.0. The number of carbonyl (C=O) groups is 3. The lowest BCUT2D eigenvalue weighted by Crippen LogP contribution is -2.57. The van der Waals surface area contributed by atoms with Crippen LogP contribution in [0.25, 0.3) is 0 Å². The number of dihydropyridines is 1. The van der Waals surface area contributed by atoms with Crippen LogP contribution in [0.3, 0.4) is 0 Å². The monoisotopic (exact) mass is 307 g/mol. The molecule has 1 atom stereocenters. The summed E-state index contributed by atoms with van der Waals surface area (Å²) in [5, 5.41) is 2.66. The number of urea groups is 1. The fourth-order valence-corrected chi connectivity index (χ4v) is 2.37. The van der Waals surface area contributed by atoms with Crippen molar-refractivity contribution in [3.8, 4) is 0 Å². The van der Waals surface area contributed by atoms with E-state index in [0.717, 1.165) is 4.90 Å². The van der Waals surface area contributed by atoms with Crippen molar-refractivity contribution in [2.75, 3.05) is 20.7 Å². The van der Waals surface area contributed by atoms with Crippen molar-refractivity contribution in [3.63, 3.8) is 0 Å². The average molecular weight is 307 g/mol. The lowest BCUT2D eigenvalue weighted by molar-refractivity contribution is -0.408. The summed E-state index contributed by atoms with van der Waals surface area (Å²) in [5.41, 5.74) is 0. The molecule has 2 aliphatic heterocycles. The third kappa shape index (κ3) is 2.76. The van der Waals surface area contributed by atoms with Gasteiger partial charge in [-0.15, -0.1) is 4.99 Å². The van der Waals surface area contributed by atoms with Crippen molar-refractivity contribution in [2.45, 2.75) is 19.9 Å². The molecule has 4 amide bonds. The Kier molecular flexibility index (Phi) is 4.39. The highest BCUT2D eigenvalue weighted by Gasteiger charge is 2.49. The fourth-order valence-electron chi connectivity index (χ4n) is 2.37. The largest absolute Gasteiger partial charge is 0.499 e. The van der Waals surface area contributed by atoms with Crippen molar-refractivity contribution in [1.29, 1.82) is 0 Å². The molecule has 1 unspecified atom stereocenters. The van der Waals surface area contributed by atoms with Gasteiger partial charge in [0.1, 0.15) is 12.0 Å². The van der Waals surface area contributed by atoms with Crippen LogP contribution in [0.4, 0.5) is 4.79 Å². The number of amidine groups is 1. The first kappa shape index (κ1) is 15.9. The maximum Gasteiger partial charge on any atom is 0.446 e.